The van der Waals surface area contributed by atoms with Gasteiger partial charge in [-0.05, 0) is 42.3 Å². The molecule has 3 rings (SSSR count). The smallest absolute Gasteiger partial charge is 0.254 e. The van der Waals surface area contributed by atoms with E-state index < -0.39 is 39.2 Å². The van der Waals surface area contributed by atoms with Crippen molar-refractivity contribution < 1.29 is 22.0 Å². The predicted molar refractivity (Wildman–Crippen MR) is 126 cm³/mol. The average molecular weight is 506 g/mol. The van der Waals surface area contributed by atoms with E-state index in [0.717, 1.165) is 12.1 Å². The maximum atomic E-state index is 14.8. The van der Waals surface area contributed by atoms with Gasteiger partial charge in [-0.1, -0.05) is 30.7 Å². The van der Waals surface area contributed by atoms with Crippen LogP contribution in [0.5, 0.6) is 0 Å². The Balaban J connectivity index is 2.14. The van der Waals surface area contributed by atoms with Gasteiger partial charge in [0, 0.05) is 35.1 Å². The number of hydrogen-bond donors (Lipinski definition) is 1. The molecule has 0 bridgehead atoms. The molecule has 1 heterocycles. The van der Waals surface area contributed by atoms with Crippen molar-refractivity contribution in [1.82, 2.24) is 9.88 Å². The van der Waals surface area contributed by atoms with Crippen molar-refractivity contribution in [1.29, 1.82) is 5.26 Å². The number of aromatic nitrogens is 1. The number of nitriles is 1. The van der Waals surface area contributed by atoms with E-state index in [-0.39, 0.29) is 33.7 Å². The van der Waals surface area contributed by atoms with Crippen LogP contribution < -0.4 is 5.32 Å². The zero-order chi connectivity index (χ0) is 25.2. The molecule has 0 aliphatic heterocycles. The van der Waals surface area contributed by atoms with Gasteiger partial charge in [0.25, 0.3) is 5.91 Å². The number of hydrogen-bond acceptors (Lipinski definition) is 4. The second-order valence-electron chi connectivity index (χ2n) is 7.80. The van der Waals surface area contributed by atoms with E-state index in [2.05, 4.69) is 5.32 Å². The lowest BCUT2D eigenvalue weighted by molar-refractivity contribution is 0.0941. The van der Waals surface area contributed by atoms with Gasteiger partial charge in [0.1, 0.15) is 23.4 Å². The Bertz CT molecular complexity index is 1410. The molecular weight excluding hydrogens is 484 g/mol. The summed E-state index contributed by atoms with van der Waals surface area (Å²) in [6.45, 7) is 2.85. The summed E-state index contributed by atoms with van der Waals surface area (Å²) >= 11 is 6.07. The van der Waals surface area contributed by atoms with Crippen LogP contribution >= 0.6 is 11.6 Å². The Morgan fingerprint density at radius 1 is 1.21 bits per heavy atom. The van der Waals surface area contributed by atoms with Crippen LogP contribution in [-0.2, 0) is 16.9 Å². The van der Waals surface area contributed by atoms with E-state index in [9.17, 15) is 27.3 Å². The van der Waals surface area contributed by atoms with E-state index in [4.69, 9.17) is 11.6 Å². The first-order chi connectivity index (χ1) is 16.0. The maximum absolute atomic E-state index is 14.8. The summed E-state index contributed by atoms with van der Waals surface area (Å²) in [7, 11) is -2.02. The van der Waals surface area contributed by atoms with Crippen LogP contribution in [0, 0.1) is 29.9 Å². The molecular formula is C24H22ClF2N3O3S. The van der Waals surface area contributed by atoms with Crippen molar-refractivity contribution in [3.05, 3.63) is 81.6 Å². The number of aryl methyl sites for hydroxylation is 1. The molecule has 2 aromatic carbocycles. The lowest BCUT2D eigenvalue weighted by atomic mass is 9.95. The Kier molecular flexibility index (Phi) is 7.44. The SMILES string of the molecule is CCS(=O)(=O)C[C@H](NC(=O)c1cn(C)c(C#N)c1-c1c(F)ccc(F)c1C)c1cccc(Cl)c1. The fourth-order valence-electron chi connectivity index (χ4n) is 3.70. The van der Waals surface area contributed by atoms with Gasteiger partial charge in [-0.15, -0.1) is 0 Å². The quantitative estimate of drug-likeness (QED) is 0.503. The highest BCUT2D eigenvalue weighted by molar-refractivity contribution is 7.91. The highest BCUT2D eigenvalue weighted by Crippen LogP contribution is 2.35. The Labute approximate surface area is 201 Å². The largest absolute Gasteiger partial charge is 0.344 e. The third kappa shape index (κ3) is 5.13. The number of amides is 1. The number of carbonyl (C=O) groups excluding carboxylic acids is 1. The molecule has 34 heavy (non-hydrogen) atoms. The fourth-order valence-corrected chi connectivity index (χ4v) is 4.92. The first-order valence-corrected chi connectivity index (χ1v) is 12.5. The molecule has 10 heteroatoms. The summed E-state index contributed by atoms with van der Waals surface area (Å²) in [4.78, 5) is 13.4. The van der Waals surface area contributed by atoms with Gasteiger partial charge in [-0.3, -0.25) is 4.79 Å². The number of benzene rings is 2. The van der Waals surface area contributed by atoms with E-state index in [1.807, 2.05) is 6.07 Å². The topological polar surface area (TPSA) is 92.0 Å². The lowest BCUT2D eigenvalue weighted by Crippen LogP contribution is -2.34. The van der Waals surface area contributed by atoms with Crippen LogP contribution in [0.1, 0.15) is 40.1 Å². The summed E-state index contributed by atoms with van der Waals surface area (Å²) in [5, 5.41) is 12.7. The van der Waals surface area contributed by atoms with E-state index >= 15 is 0 Å². The summed E-state index contributed by atoms with van der Waals surface area (Å²) in [5.41, 5.74) is -0.00512. The molecule has 178 valence electrons. The van der Waals surface area contributed by atoms with Gasteiger partial charge in [0.15, 0.2) is 9.84 Å². The minimum absolute atomic E-state index is 0.0433. The van der Waals surface area contributed by atoms with Crippen LogP contribution in [0.4, 0.5) is 8.78 Å². The van der Waals surface area contributed by atoms with Crippen LogP contribution in [-0.4, -0.2) is 30.4 Å². The van der Waals surface area contributed by atoms with Crippen molar-refractivity contribution in [2.75, 3.05) is 11.5 Å². The summed E-state index contributed by atoms with van der Waals surface area (Å²) in [6, 6.07) is 9.27. The van der Waals surface area contributed by atoms with Gasteiger partial charge in [0.2, 0.25) is 0 Å². The molecule has 0 aliphatic rings. The molecule has 0 radical (unpaired) electrons. The molecule has 1 aromatic heterocycles. The Hall–Kier alpha value is -3.22. The first-order valence-electron chi connectivity index (χ1n) is 10.3. The highest BCUT2D eigenvalue weighted by Gasteiger charge is 2.28. The Morgan fingerprint density at radius 2 is 1.88 bits per heavy atom. The minimum atomic E-state index is -3.52. The molecule has 1 N–H and O–H groups in total. The van der Waals surface area contributed by atoms with Gasteiger partial charge in [-0.25, -0.2) is 17.2 Å². The number of nitrogens with zero attached hydrogens (tertiary/aromatic N) is 2. The fraction of sp³-hybridized carbons (Fsp3) is 0.250. The third-order valence-corrected chi connectivity index (χ3v) is 7.50. The maximum Gasteiger partial charge on any atom is 0.254 e. The van der Waals surface area contributed by atoms with Crippen molar-refractivity contribution in [2.24, 2.45) is 7.05 Å². The number of carbonyl (C=O) groups is 1. The zero-order valence-electron chi connectivity index (χ0n) is 18.7. The van der Waals surface area contributed by atoms with Crippen molar-refractivity contribution in [3.63, 3.8) is 0 Å². The van der Waals surface area contributed by atoms with Crippen LogP contribution in [0.2, 0.25) is 5.02 Å². The lowest BCUT2D eigenvalue weighted by Gasteiger charge is -2.20. The van der Waals surface area contributed by atoms with Gasteiger partial charge in [0.05, 0.1) is 17.4 Å². The number of nitrogens with one attached hydrogen (secondary N) is 1. The molecule has 0 saturated carbocycles. The van der Waals surface area contributed by atoms with Crippen LogP contribution in [0.25, 0.3) is 11.1 Å². The molecule has 1 amide bonds. The monoisotopic (exact) mass is 505 g/mol. The van der Waals surface area contributed by atoms with E-state index in [1.54, 1.807) is 24.3 Å². The summed E-state index contributed by atoms with van der Waals surface area (Å²) in [5.74, 6) is -2.76. The average Bonchev–Trinajstić information content (AvgIpc) is 3.12. The zero-order valence-corrected chi connectivity index (χ0v) is 20.3. The normalized spacial score (nSPS) is 12.3. The second-order valence-corrected chi connectivity index (χ2v) is 10.6. The second kappa shape index (κ2) is 9.95. The third-order valence-electron chi connectivity index (χ3n) is 5.55. The van der Waals surface area contributed by atoms with Crippen molar-refractivity contribution >= 4 is 27.3 Å². The minimum Gasteiger partial charge on any atom is -0.344 e. The molecule has 0 unspecified atom stereocenters. The molecule has 0 saturated heterocycles. The number of halogens is 3. The van der Waals surface area contributed by atoms with E-state index in [0.29, 0.717) is 10.6 Å². The Morgan fingerprint density at radius 3 is 2.50 bits per heavy atom. The molecule has 0 spiro atoms. The predicted octanol–water partition coefficient (Wildman–Crippen LogP) is 4.71. The van der Waals surface area contributed by atoms with Crippen LogP contribution in [0.15, 0.2) is 42.6 Å². The molecule has 0 fully saturated rings. The van der Waals surface area contributed by atoms with E-state index in [1.165, 1.54) is 31.7 Å². The van der Waals surface area contributed by atoms with Crippen LogP contribution in [0.3, 0.4) is 0 Å². The van der Waals surface area contributed by atoms with Gasteiger partial charge in [-0.2, -0.15) is 5.26 Å². The van der Waals surface area contributed by atoms with Gasteiger partial charge < -0.3 is 9.88 Å². The van der Waals surface area contributed by atoms with Crippen molar-refractivity contribution in [2.45, 2.75) is 19.9 Å². The van der Waals surface area contributed by atoms with Crippen molar-refractivity contribution in [3.8, 4) is 17.2 Å². The summed E-state index contributed by atoms with van der Waals surface area (Å²) < 4.78 is 55.2. The highest BCUT2D eigenvalue weighted by atomic mass is 35.5. The number of rotatable bonds is 7. The first kappa shape index (κ1) is 25.4. The molecule has 3 aromatic rings. The molecule has 0 aliphatic carbocycles. The molecule has 6 nitrogen and oxygen atoms in total. The molecule has 1 atom stereocenters. The summed E-state index contributed by atoms with van der Waals surface area (Å²) in [6.07, 6.45) is 1.33. The van der Waals surface area contributed by atoms with Gasteiger partial charge >= 0.3 is 0 Å². The number of sulfone groups is 1. The standard InChI is InChI=1S/C24H22ClF2N3O3S/c1-4-34(32,33)13-20(15-6-5-7-16(25)10-15)29-24(31)17-12-30(3)21(11-28)23(17)22-14(2)18(26)8-9-19(22)27/h5-10,12,20H,4,13H2,1-3H3,(H,29,31)/t20-/m0/s1.